The summed E-state index contributed by atoms with van der Waals surface area (Å²) in [6.45, 7) is 4.07. The molecular weight excluding hydrogens is 906 g/mol. The summed E-state index contributed by atoms with van der Waals surface area (Å²) < 4.78 is 34.0. The van der Waals surface area contributed by atoms with Crippen LogP contribution in [0.3, 0.4) is 0 Å². The van der Waals surface area contributed by atoms with Crippen molar-refractivity contribution in [2.24, 2.45) is 0 Å². The minimum Gasteiger partial charge on any atom is -0.756 e. The number of ether oxygens (including phenoxy) is 2. The fourth-order valence-electron chi connectivity index (χ4n) is 6.98. The molecule has 404 valence electrons. The highest BCUT2D eigenvalue weighted by molar-refractivity contribution is 7.45. The zero-order chi connectivity index (χ0) is 52.0. The number of likely N-dealkylation sites (N-methyl/N-ethyl adjacent to an activating group) is 1. The zero-order valence-electron chi connectivity index (χ0n) is 45.6. The molecule has 0 aromatic heterocycles. The monoisotopic (exact) mass is 1010 g/mol. The number of esters is 2. The van der Waals surface area contributed by atoms with Gasteiger partial charge in [-0.25, -0.2) is 0 Å². The molecular formula is C61H102NO8P. The SMILES string of the molecule is CC/C=C\C/C=C\C/C=C\C/C=C\C/C=C\C/C=C\C/C=C\C/C=C\C/C=C\C/C=C\CCCCCCC(=O)OC(COC(=O)CCCCCCCCCCCCCC)COP(=O)([O-])OCC[N+](C)(C)C. The summed E-state index contributed by atoms with van der Waals surface area (Å²) in [7, 11) is 1.13. The van der Waals surface area contributed by atoms with E-state index in [1.54, 1.807) is 0 Å². The van der Waals surface area contributed by atoms with E-state index in [4.69, 9.17) is 18.5 Å². The Labute approximate surface area is 435 Å². The predicted octanol–water partition coefficient (Wildman–Crippen LogP) is 16.6. The standard InChI is InChI=1S/C61H102NO8P/c1-6-8-10-12-14-16-18-20-21-22-23-24-25-26-27-28-29-30-31-32-33-34-35-36-37-38-39-40-41-42-44-46-48-50-52-54-61(64)70-59(58-69-71(65,66)68-56-55-62(3,4)5)57-67-60(63)53-51-49-47-45-43-19-17-15-13-11-9-7-2/h8,10,14,16,20-21,23-24,26-27,29-30,32-33,35-36,38-39,41-42,59H,6-7,9,11-13,15,17-19,22,25,28,31,34,37,40,43-58H2,1-5H3/b10-8-,16-14-,21-20-,24-23-,27-26-,30-29-,33-32-,36-35-,39-38-,42-41-. The van der Waals surface area contributed by atoms with Crippen LogP contribution in [0.5, 0.6) is 0 Å². The van der Waals surface area contributed by atoms with E-state index in [-0.39, 0.29) is 26.1 Å². The van der Waals surface area contributed by atoms with Crippen LogP contribution in [0.2, 0.25) is 0 Å². The summed E-state index contributed by atoms with van der Waals surface area (Å²) in [4.78, 5) is 37.7. The lowest BCUT2D eigenvalue weighted by atomic mass is 10.0. The molecule has 0 heterocycles. The topological polar surface area (TPSA) is 111 Å². The average molecular weight is 1010 g/mol. The van der Waals surface area contributed by atoms with Gasteiger partial charge in [-0.15, -0.1) is 0 Å². The molecule has 0 bridgehead atoms. The highest BCUT2D eigenvalue weighted by Crippen LogP contribution is 2.38. The minimum absolute atomic E-state index is 0.0415. The van der Waals surface area contributed by atoms with Gasteiger partial charge < -0.3 is 27.9 Å². The van der Waals surface area contributed by atoms with Crippen LogP contribution in [0.1, 0.15) is 200 Å². The largest absolute Gasteiger partial charge is 0.756 e. The van der Waals surface area contributed by atoms with E-state index < -0.39 is 32.5 Å². The van der Waals surface area contributed by atoms with Crippen molar-refractivity contribution >= 4 is 19.8 Å². The van der Waals surface area contributed by atoms with Gasteiger partial charge >= 0.3 is 11.9 Å². The number of allylic oxidation sites excluding steroid dienone is 20. The van der Waals surface area contributed by atoms with Crippen LogP contribution in [0, 0.1) is 0 Å². The lowest BCUT2D eigenvalue weighted by Gasteiger charge is -2.28. The Balaban J connectivity index is 4.22. The van der Waals surface area contributed by atoms with Crippen molar-refractivity contribution in [1.82, 2.24) is 0 Å². The molecule has 0 aromatic carbocycles. The predicted molar refractivity (Wildman–Crippen MR) is 300 cm³/mol. The Kier molecular flexibility index (Phi) is 48.7. The summed E-state index contributed by atoms with van der Waals surface area (Å²) in [5.74, 6) is -0.870. The summed E-state index contributed by atoms with van der Waals surface area (Å²) >= 11 is 0. The number of hydrogen-bond donors (Lipinski definition) is 0. The molecule has 10 heteroatoms. The molecule has 0 rings (SSSR count). The van der Waals surface area contributed by atoms with Gasteiger partial charge in [-0.05, 0) is 89.9 Å². The van der Waals surface area contributed by atoms with E-state index in [9.17, 15) is 19.0 Å². The molecule has 0 saturated carbocycles. The molecule has 0 fully saturated rings. The van der Waals surface area contributed by atoms with Crippen LogP contribution in [0.25, 0.3) is 0 Å². The van der Waals surface area contributed by atoms with E-state index in [1.807, 2.05) is 21.1 Å². The van der Waals surface area contributed by atoms with Crippen molar-refractivity contribution in [3.8, 4) is 0 Å². The molecule has 0 amide bonds. The number of rotatable bonds is 49. The summed E-state index contributed by atoms with van der Waals surface area (Å²) in [5.41, 5.74) is 0. The fraction of sp³-hybridized carbons (Fsp3) is 0.639. The average Bonchev–Trinajstić information content (AvgIpc) is 3.33. The minimum atomic E-state index is -4.64. The van der Waals surface area contributed by atoms with Gasteiger partial charge in [0.05, 0.1) is 27.7 Å². The highest BCUT2D eigenvalue weighted by Gasteiger charge is 2.21. The third-order valence-corrected chi connectivity index (χ3v) is 12.2. The molecule has 2 atom stereocenters. The van der Waals surface area contributed by atoms with Gasteiger partial charge in [0, 0.05) is 12.8 Å². The van der Waals surface area contributed by atoms with Gasteiger partial charge in [-0.3, -0.25) is 14.2 Å². The second-order valence-electron chi connectivity index (χ2n) is 19.2. The van der Waals surface area contributed by atoms with Crippen molar-refractivity contribution in [1.29, 1.82) is 0 Å². The number of nitrogens with zero attached hydrogens (tertiary/aromatic N) is 1. The van der Waals surface area contributed by atoms with Gasteiger partial charge in [-0.2, -0.15) is 0 Å². The first-order valence-electron chi connectivity index (χ1n) is 27.7. The molecule has 0 saturated heterocycles. The highest BCUT2D eigenvalue weighted by atomic mass is 31.2. The third kappa shape index (κ3) is 55.6. The zero-order valence-corrected chi connectivity index (χ0v) is 46.5. The van der Waals surface area contributed by atoms with E-state index in [2.05, 4.69) is 135 Å². The van der Waals surface area contributed by atoms with Crippen molar-refractivity contribution in [3.05, 3.63) is 122 Å². The van der Waals surface area contributed by atoms with Crippen molar-refractivity contribution in [2.75, 3.05) is 47.5 Å². The molecule has 0 aliphatic rings. The first kappa shape index (κ1) is 67.4. The molecule has 2 unspecified atom stereocenters. The number of phosphoric ester groups is 1. The summed E-state index contributed by atoms with van der Waals surface area (Å²) in [6.07, 6.45) is 72.5. The lowest BCUT2D eigenvalue weighted by Crippen LogP contribution is -2.37. The molecule has 0 radical (unpaired) electrons. The molecule has 9 nitrogen and oxygen atoms in total. The van der Waals surface area contributed by atoms with Gasteiger partial charge in [0.15, 0.2) is 6.10 Å². The number of phosphoric acid groups is 1. The van der Waals surface area contributed by atoms with Crippen LogP contribution in [0.4, 0.5) is 0 Å². The Morgan fingerprint density at radius 3 is 1.20 bits per heavy atom. The number of carbonyl (C=O) groups excluding carboxylic acids is 2. The normalized spacial score (nSPS) is 14.3. The first-order valence-corrected chi connectivity index (χ1v) is 29.2. The Morgan fingerprint density at radius 1 is 0.451 bits per heavy atom. The maximum atomic E-state index is 12.7. The second kappa shape index (κ2) is 51.3. The summed E-state index contributed by atoms with van der Waals surface area (Å²) in [6, 6.07) is 0. The Morgan fingerprint density at radius 2 is 0.803 bits per heavy atom. The van der Waals surface area contributed by atoms with Crippen molar-refractivity contribution < 1.29 is 42.1 Å². The van der Waals surface area contributed by atoms with Crippen LogP contribution >= 0.6 is 7.82 Å². The summed E-state index contributed by atoms with van der Waals surface area (Å²) in [5, 5.41) is 0. The lowest BCUT2D eigenvalue weighted by molar-refractivity contribution is -0.870. The van der Waals surface area contributed by atoms with E-state index in [0.717, 1.165) is 109 Å². The van der Waals surface area contributed by atoms with Crippen LogP contribution in [-0.4, -0.2) is 70.0 Å². The van der Waals surface area contributed by atoms with E-state index in [1.165, 1.54) is 57.8 Å². The molecule has 0 aliphatic heterocycles. The van der Waals surface area contributed by atoms with E-state index >= 15 is 0 Å². The van der Waals surface area contributed by atoms with Crippen LogP contribution < -0.4 is 4.89 Å². The molecule has 0 N–H and O–H groups in total. The first-order chi connectivity index (χ1) is 34.5. The van der Waals surface area contributed by atoms with Crippen molar-refractivity contribution in [3.63, 3.8) is 0 Å². The number of quaternary nitrogens is 1. The van der Waals surface area contributed by atoms with Crippen molar-refractivity contribution in [2.45, 2.75) is 206 Å². The molecule has 0 spiro atoms. The van der Waals surface area contributed by atoms with Crippen LogP contribution in [0.15, 0.2) is 122 Å². The van der Waals surface area contributed by atoms with Gasteiger partial charge in [0.25, 0.3) is 7.82 Å². The third-order valence-electron chi connectivity index (χ3n) is 11.2. The van der Waals surface area contributed by atoms with Crippen LogP contribution in [-0.2, 0) is 32.7 Å². The quantitative estimate of drug-likeness (QED) is 0.0195. The Bertz CT molecular complexity index is 1610. The van der Waals surface area contributed by atoms with Gasteiger partial charge in [0.2, 0.25) is 0 Å². The molecule has 71 heavy (non-hydrogen) atoms. The number of carbonyl (C=O) groups is 2. The molecule has 0 aliphatic carbocycles. The maximum absolute atomic E-state index is 12.7. The van der Waals surface area contributed by atoms with E-state index in [0.29, 0.717) is 17.4 Å². The fourth-order valence-corrected chi connectivity index (χ4v) is 7.70. The molecule has 0 aromatic rings. The second-order valence-corrected chi connectivity index (χ2v) is 20.6. The maximum Gasteiger partial charge on any atom is 0.306 e. The van der Waals surface area contributed by atoms with Gasteiger partial charge in [0.1, 0.15) is 19.8 Å². The Hall–Kier alpha value is -3.59. The van der Waals surface area contributed by atoms with Gasteiger partial charge in [-0.1, -0.05) is 219 Å². The number of unbranched alkanes of at least 4 members (excludes halogenated alkanes) is 15. The number of hydrogen-bond acceptors (Lipinski definition) is 8. The smallest absolute Gasteiger partial charge is 0.306 e.